The maximum atomic E-state index is 12.3. The summed E-state index contributed by atoms with van der Waals surface area (Å²) in [5, 5.41) is 5.23. The second-order valence-electron chi connectivity index (χ2n) is 6.42. The molecule has 1 saturated heterocycles. The van der Waals surface area contributed by atoms with E-state index in [0.29, 0.717) is 5.13 Å². The molecule has 6 nitrogen and oxygen atoms in total. The molecular weight excluding hydrogens is 324 g/mol. The summed E-state index contributed by atoms with van der Waals surface area (Å²) in [6.07, 6.45) is 4.15. The number of likely N-dealkylation sites (tertiary alicyclic amines) is 1. The summed E-state index contributed by atoms with van der Waals surface area (Å²) < 4.78 is 1.39. The lowest BCUT2D eigenvalue weighted by atomic mass is 10.0. The second-order valence-corrected chi connectivity index (χ2v) is 7.28. The Morgan fingerprint density at radius 1 is 1.50 bits per heavy atom. The van der Waals surface area contributed by atoms with Crippen LogP contribution in [0.15, 0.2) is 28.5 Å². The van der Waals surface area contributed by atoms with Gasteiger partial charge in [0.25, 0.3) is 11.5 Å². The zero-order valence-corrected chi connectivity index (χ0v) is 14.8. The molecule has 3 heterocycles. The van der Waals surface area contributed by atoms with E-state index >= 15 is 0 Å². The number of rotatable bonds is 4. The number of hydrogen-bond acceptors (Lipinski definition) is 5. The standard InChI is InChI=1S/C17H22N4O2S/c1-12-5-3-8-21(9-12)10-13-11-24-17(18-13)19-15(22)14-6-4-7-20(2)16(14)23/h4,6-7,11-12H,3,5,8-10H2,1-2H3,(H,18,19,22). The molecule has 128 valence electrons. The van der Waals surface area contributed by atoms with Crippen LogP contribution in [0.1, 0.15) is 35.8 Å². The number of anilines is 1. The van der Waals surface area contributed by atoms with Gasteiger partial charge in [-0.1, -0.05) is 6.92 Å². The average molecular weight is 346 g/mol. The van der Waals surface area contributed by atoms with Gasteiger partial charge in [0, 0.05) is 31.7 Å². The summed E-state index contributed by atoms with van der Waals surface area (Å²) in [6, 6.07) is 3.21. The van der Waals surface area contributed by atoms with Crippen LogP contribution in [0.2, 0.25) is 0 Å². The van der Waals surface area contributed by atoms with Crippen LogP contribution >= 0.6 is 11.3 Å². The van der Waals surface area contributed by atoms with E-state index in [-0.39, 0.29) is 11.1 Å². The van der Waals surface area contributed by atoms with Crippen molar-refractivity contribution in [3.05, 3.63) is 45.3 Å². The molecule has 1 unspecified atom stereocenters. The SMILES string of the molecule is CC1CCCN(Cc2csc(NC(=O)c3cccn(C)c3=O)n2)C1. The summed E-state index contributed by atoms with van der Waals surface area (Å²) >= 11 is 1.39. The molecule has 7 heteroatoms. The van der Waals surface area contributed by atoms with Crippen molar-refractivity contribution < 1.29 is 4.79 Å². The number of thiazole rings is 1. The zero-order chi connectivity index (χ0) is 17.1. The van der Waals surface area contributed by atoms with Crippen molar-refractivity contribution >= 4 is 22.4 Å². The fourth-order valence-corrected chi connectivity index (χ4v) is 3.73. The smallest absolute Gasteiger partial charge is 0.263 e. The topological polar surface area (TPSA) is 67.2 Å². The van der Waals surface area contributed by atoms with Gasteiger partial charge in [-0.05, 0) is 37.4 Å². The molecule has 1 atom stereocenters. The quantitative estimate of drug-likeness (QED) is 0.923. The fraction of sp³-hybridized carbons (Fsp3) is 0.471. The molecule has 1 N–H and O–H groups in total. The van der Waals surface area contributed by atoms with Gasteiger partial charge in [0.15, 0.2) is 5.13 Å². The fourth-order valence-electron chi connectivity index (χ4n) is 3.03. The first-order valence-electron chi connectivity index (χ1n) is 8.16. The third-order valence-corrected chi connectivity index (χ3v) is 5.07. The van der Waals surface area contributed by atoms with Crippen LogP contribution in [0.4, 0.5) is 5.13 Å². The molecule has 24 heavy (non-hydrogen) atoms. The van der Waals surface area contributed by atoms with Crippen molar-refractivity contribution in [2.24, 2.45) is 13.0 Å². The van der Waals surface area contributed by atoms with Gasteiger partial charge in [0.2, 0.25) is 0 Å². The first-order chi connectivity index (χ1) is 11.5. The average Bonchev–Trinajstić information content (AvgIpc) is 2.97. The normalized spacial score (nSPS) is 18.5. The summed E-state index contributed by atoms with van der Waals surface area (Å²) in [6.45, 7) is 5.28. The van der Waals surface area contributed by atoms with Crippen LogP contribution in [0.25, 0.3) is 0 Å². The number of aromatic nitrogens is 2. The van der Waals surface area contributed by atoms with Gasteiger partial charge in [0.05, 0.1) is 5.69 Å². The van der Waals surface area contributed by atoms with Gasteiger partial charge < -0.3 is 4.57 Å². The first kappa shape index (κ1) is 16.9. The van der Waals surface area contributed by atoms with E-state index < -0.39 is 5.91 Å². The van der Waals surface area contributed by atoms with E-state index in [0.717, 1.165) is 31.2 Å². The molecule has 2 aromatic heterocycles. The summed E-state index contributed by atoms with van der Waals surface area (Å²) in [4.78, 5) is 31.1. The number of pyridine rings is 1. The molecule has 0 radical (unpaired) electrons. The number of carbonyl (C=O) groups excluding carboxylic acids is 1. The predicted molar refractivity (Wildman–Crippen MR) is 95.4 cm³/mol. The van der Waals surface area contributed by atoms with Crippen molar-refractivity contribution in [1.29, 1.82) is 0 Å². The second kappa shape index (κ2) is 7.27. The predicted octanol–water partition coefficient (Wildman–Crippen LogP) is 2.33. The number of aryl methyl sites for hydroxylation is 1. The van der Waals surface area contributed by atoms with Crippen LogP contribution in [-0.2, 0) is 13.6 Å². The molecule has 1 aliphatic heterocycles. The Bertz CT molecular complexity index is 783. The van der Waals surface area contributed by atoms with Crippen LogP contribution in [-0.4, -0.2) is 33.4 Å². The third kappa shape index (κ3) is 3.91. The van der Waals surface area contributed by atoms with Crippen molar-refractivity contribution in [2.75, 3.05) is 18.4 Å². The molecule has 0 aromatic carbocycles. The van der Waals surface area contributed by atoms with Crippen LogP contribution in [0, 0.1) is 5.92 Å². The van der Waals surface area contributed by atoms with Crippen LogP contribution < -0.4 is 10.9 Å². The van der Waals surface area contributed by atoms with Gasteiger partial charge in [-0.15, -0.1) is 11.3 Å². The number of carbonyl (C=O) groups is 1. The molecule has 3 rings (SSSR count). The highest BCUT2D eigenvalue weighted by Crippen LogP contribution is 2.21. The van der Waals surface area contributed by atoms with Crippen molar-refractivity contribution in [1.82, 2.24) is 14.5 Å². The van der Waals surface area contributed by atoms with Gasteiger partial charge >= 0.3 is 0 Å². The highest BCUT2D eigenvalue weighted by Gasteiger charge is 2.18. The Morgan fingerprint density at radius 2 is 2.33 bits per heavy atom. The molecule has 2 aromatic rings. The van der Waals surface area contributed by atoms with Crippen molar-refractivity contribution in [3.63, 3.8) is 0 Å². The summed E-state index contributed by atoms with van der Waals surface area (Å²) in [7, 11) is 1.63. The first-order valence-corrected chi connectivity index (χ1v) is 9.04. The lowest BCUT2D eigenvalue weighted by Gasteiger charge is -2.30. The number of nitrogens with zero attached hydrogens (tertiary/aromatic N) is 3. The largest absolute Gasteiger partial charge is 0.318 e. The highest BCUT2D eigenvalue weighted by atomic mass is 32.1. The number of amides is 1. The number of nitrogens with one attached hydrogen (secondary N) is 1. The van der Waals surface area contributed by atoms with E-state index in [1.807, 2.05) is 5.38 Å². The molecular formula is C17H22N4O2S. The zero-order valence-electron chi connectivity index (χ0n) is 14.0. The number of hydrogen-bond donors (Lipinski definition) is 1. The van der Waals surface area contributed by atoms with Crippen LogP contribution in [0.5, 0.6) is 0 Å². The molecule has 0 spiro atoms. The van der Waals surface area contributed by atoms with E-state index in [1.165, 1.54) is 34.8 Å². The molecule has 1 aliphatic rings. The van der Waals surface area contributed by atoms with E-state index in [1.54, 1.807) is 19.3 Å². The van der Waals surface area contributed by atoms with Gasteiger partial charge in [-0.2, -0.15) is 0 Å². The van der Waals surface area contributed by atoms with Crippen molar-refractivity contribution in [2.45, 2.75) is 26.3 Å². The molecule has 1 fully saturated rings. The maximum absolute atomic E-state index is 12.3. The van der Waals surface area contributed by atoms with E-state index in [4.69, 9.17) is 0 Å². The number of piperidine rings is 1. The molecule has 0 saturated carbocycles. The van der Waals surface area contributed by atoms with E-state index in [9.17, 15) is 9.59 Å². The Hall–Kier alpha value is -1.99. The minimum absolute atomic E-state index is 0.126. The van der Waals surface area contributed by atoms with Crippen molar-refractivity contribution in [3.8, 4) is 0 Å². The Labute approximate surface area is 145 Å². The van der Waals surface area contributed by atoms with E-state index in [2.05, 4.69) is 22.1 Å². The Balaban J connectivity index is 1.64. The Morgan fingerprint density at radius 3 is 3.12 bits per heavy atom. The maximum Gasteiger partial charge on any atom is 0.263 e. The van der Waals surface area contributed by atoms with Gasteiger partial charge in [-0.3, -0.25) is 19.8 Å². The van der Waals surface area contributed by atoms with Gasteiger partial charge in [-0.25, -0.2) is 4.98 Å². The van der Waals surface area contributed by atoms with Gasteiger partial charge in [0.1, 0.15) is 5.56 Å². The summed E-state index contributed by atoms with van der Waals surface area (Å²) in [5.41, 5.74) is 0.779. The molecule has 0 aliphatic carbocycles. The monoisotopic (exact) mass is 346 g/mol. The lowest BCUT2D eigenvalue weighted by molar-refractivity contribution is 0.102. The third-order valence-electron chi connectivity index (χ3n) is 4.27. The lowest BCUT2D eigenvalue weighted by Crippen LogP contribution is -2.33. The summed E-state index contributed by atoms with van der Waals surface area (Å²) in [5.74, 6) is 0.314. The molecule has 1 amide bonds. The highest BCUT2D eigenvalue weighted by molar-refractivity contribution is 7.13. The minimum Gasteiger partial charge on any atom is -0.318 e. The Kier molecular flexibility index (Phi) is 5.11. The van der Waals surface area contributed by atoms with Crippen LogP contribution in [0.3, 0.4) is 0 Å². The minimum atomic E-state index is -0.413. The molecule has 0 bridgehead atoms.